The number of nitrogens with one attached hydrogen (secondary N) is 1. The highest BCUT2D eigenvalue weighted by Gasteiger charge is 2.18. The van der Waals surface area contributed by atoms with Crippen molar-refractivity contribution in [3.05, 3.63) is 85.1 Å². The second-order valence-electron chi connectivity index (χ2n) is 19.3. The van der Waals surface area contributed by atoms with Gasteiger partial charge in [0.05, 0.1) is 18.8 Å². The van der Waals surface area contributed by atoms with Crippen LogP contribution in [0.15, 0.2) is 85.1 Å². The Balaban J connectivity index is 3.56. The van der Waals surface area contributed by atoms with Crippen LogP contribution in [0.4, 0.5) is 0 Å². The molecular weight excluding hydrogens is 807 g/mol. The number of allylic oxidation sites excluding steroid dienone is 13. The minimum atomic E-state index is -0.880. The molecular formula is C62H111NO3. The molecule has 4 heteroatoms. The van der Waals surface area contributed by atoms with Gasteiger partial charge < -0.3 is 15.5 Å². The number of carbonyl (C=O) groups is 1. The summed E-state index contributed by atoms with van der Waals surface area (Å²) in [5.41, 5.74) is 0. The Labute approximate surface area is 411 Å². The van der Waals surface area contributed by atoms with Crippen LogP contribution in [0.1, 0.15) is 284 Å². The molecule has 2 unspecified atom stereocenters. The fraction of sp³-hybridized carbons (Fsp3) is 0.758. The normalized spacial score (nSPS) is 13.5. The van der Waals surface area contributed by atoms with Crippen LogP contribution in [0.5, 0.6) is 0 Å². The fourth-order valence-electron chi connectivity index (χ4n) is 8.50. The van der Waals surface area contributed by atoms with Gasteiger partial charge >= 0.3 is 0 Å². The molecule has 0 saturated carbocycles. The predicted molar refractivity (Wildman–Crippen MR) is 294 cm³/mol. The number of aliphatic hydroxyl groups is 2. The number of aliphatic hydroxyl groups excluding tert-OH is 2. The molecule has 0 rings (SSSR count). The van der Waals surface area contributed by atoms with E-state index in [0.717, 1.165) is 70.6 Å². The first kappa shape index (κ1) is 63.6. The van der Waals surface area contributed by atoms with Gasteiger partial charge in [0.25, 0.3) is 0 Å². The van der Waals surface area contributed by atoms with Gasteiger partial charge in [-0.2, -0.15) is 0 Å². The molecule has 2 atom stereocenters. The summed E-state index contributed by atoms with van der Waals surface area (Å²) in [6, 6.07) is -0.656. The van der Waals surface area contributed by atoms with Crippen LogP contribution in [0, 0.1) is 0 Å². The number of unbranched alkanes of at least 4 members (excludes halogenated alkanes) is 33. The third kappa shape index (κ3) is 52.5. The lowest BCUT2D eigenvalue weighted by molar-refractivity contribution is -0.123. The SMILES string of the molecule is CC/C=C\C/C=C\C/C=C\C/C=C\CCCCCCCCCCC(=O)NC(CO)C(O)/C=C/CC/C=C/CC/C=C/CCCCCCCCCCCCCCCCCCCCCCCCC. The molecule has 0 saturated heterocycles. The molecule has 1 amide bonds. The quantitative estimate of drug-likeness (QED) is 0.0421. The summed E-state index contributed by atoms with van der Waals surface area (Å²) in [6.07, 6.45) is 83.3. The highest BCUT2D eigenvalue weighted by atomic mass is 16.3. The summed E-state index contributed by atoms with van der Waals surface area (Å²) in [5.74, 6) is -0.0875. The monoisotopic (exact) mass is 918 g/mol. The Morgan fingerprint density at radius 2 is 0.682 bits per heavy atom. The number of amides is 1. The summed E-state index contributed by atoms with van der Waals surface area (Å²) >= 11 is 0. The lowest BCUT2D eigenvalue weighted by atomic mass is 10.0. The molecule has 0 heterocycles. The molecule has 0 aromatic carbocycles. The largest absolute Gasteiger partial charge is 0.394 e. The summed E-state index contributed by atoms with van der Waals surface area (Å²) in [4.78, 5) is 12.5. The van der Waals surface area contributed by atoms with Gasteiger partial charge in [0.1, 0.15) is 0 Å². The molecule has 0 aliphatic rings. The maximum Gasteiger partial charge on any atom is 0.220 e. The molecule has 0 aliphatic heterocycles. The molecule has 4 nitrogen and oxygen atoms in total. The summed E-state index contributed by atoms with van der Waals surface area (Å²) in [5, 5.41) is 23.1. The van der Waals surface area contributed by atoms with E-state index in [0.29, 0.717) is 6.42 Å². The van der Waals surface area contributed by atoms with E-state index in [1.807, 2.05) is 6.08 Å². The van der Waals surface area contributed by atoms with Crippen LogP contribution in [0.2, 0.25) is 0 Å². The second kappa shape index (κ2) is 56.9. The smallest absolute Gasteiger partial charge is 0.220 e. The van der Waals surface area contributed by atoms with Crippen molar-refractivity contribution in [3.8, 4) is 0 Å². The van der Waals surface area contributed by atoms with Crippen molar-refractivity contribution in [3.63, 3.8) is 0 Å². The molecule has 3 N–H and O–H groups in total. The maximum atomic E-state index is 12.5. The van der Waals surface area contributed by atoms with Crippen molar-refractivity contribution in [2.45, 2.75) is 296 Å². The van der Waals surface area contributed by atoms with Gasteiger partial charge in [-0.3, -0.25) is 4.79 Å². The Hall–Kier alpha value is -2.43. The average molecular weight is 919 g/mol. The van der Waals surface area contributed by atoms with E-state index in [2.05, 4.69) is 92.1 Å². The van der Waals surface area contributed by atoms with Crippen molar-refractivity contribution in [1.82, 2.24) is 5.32 Å². The molecule has 0 fully saturated rings. The summed E-state index contributed by atoms with van der Waals surface area (Å²) in [7, 11) is 0. The predicted octanol–water partition coefficient (Wildman–Crippen LogP) is 19.1. The second-order valence-corrected chi connectivity index (χ2v) is 19.3. The van der Waals surface area contributed by atoms with Crippen molar-refractivity contribution < 1.29 is 15.0 Å². The van der Waals surface area contributed by atoms with Gasteiger partial charge in [0.2, 0.25) is 5.91 Å². The molecule has 66 heavy (non-hydrogen) atoms. The Kier molecular flexibility index (Phi) is 54.8. The van der Waals surface area contributed by atoms with Crippen molar-refractivity contribution in [1.29, 1.82) is 0 Å². The van der Waals surface area contributed by atoms with Gasteiger partial charge in [-0.25, -0.2) is 0 Å². The first-order valence-electron chi connectivity index (χ1n) is 28.8. The Morgan fingerprint density at radius 3 is 1.06 bits per heavy atom. The van der Waals surface area contributed by atoms with Crippen molar-refractivity contribution >= 4 is 5.91 Å². The Bertz CT molecular complexity index is 1180. The molecule has 0 aromatic rings. The number of rotatable bonds is 52. The van der Waals surface area contributed by atoms with Crippen LogP contribution < -0.4 is 5.32 Å². The maximum absolute atomic E-state index is 12.5. The van der Waals surface area contributed by atoms with Gasteiger partial charge in [-0.1, -0.05) is 279 Å². The van der Waals surface area contributed by atoms with Gasteiger partial charge in [0, 0.05) is 6.42 Å². The van der Waals surface area contributed by atoms with E-state index in [-0.39, 0.29) is 12.5 Å². The topological polar surface area (TPSA) is 69.6 Å². The highest BCUT2D eigenvalue weighted by molar-refractivity contribution is 5.76. The van der Waals surface area contributed by atoms with Gasteiger partial charge in [-0.15, -0.1) is 0 Å². The van der Waals surface area contributed by atoms with Crippen molar-refractivity contribution in [2.24, 2.45) is 0 Å². The highest BCUT2D eigenvalue weighted by Crippen LogP contribution is 2.16. The molecule has 0 aliphatic carbocycles. The lowest BCUT2D eigenvalue weighted by Gasteiger charge is -2.19. The first-order chi connectivity index (χ1) is 32.7. The lowest BCUT2D eigenvalue weighted by Crippen LogP contribution is -2.45. The molecule has 0 spiro atoms. The van der Waals surface area contributed by atoms with E-state index >= 15 is 0 Å². The summed E-state index contributed by atoms with van der Waals surface area (Å²) < 4.78 is 0. The molecule has 0 aromatic heterocycles. The average Bonchev–Trinajstić information content (AvgIpc) is 3.32. The zero-order valence-corrected chi connectivity index (χ0v) is 43.9. The standard InChI is InChI=1S/C62H111NO3/c1-3-5-7-9-11-13-15-17-19-21-23-25-26-27-28-29-30-31-32-33-34-35-36-38-39-41-43-45-47-49-51-53-55-57-61(65)60(59-64)63-62(66)58-56-54-52-50-48-46-44-42-40-37-24-22-20-18-16-14-12-10-8-6-4-2/h6,8,12,14,18,20,24,37,39,41,47,49,55,57,60-61,64-65H,3-5,7,9-11,13,15-17,19,21-23,25-36,38,40,42-46,48,50-54,56,58-59H2,1-2H3,(H,63,66)/b8-6-,14-12-,20-18-,37-24-,41-39+,49-47+,57-55+. The molecule has 0 radical (unpaired) electrons. The van der Waals surface area contributed by atoms with E-state index < -0.39 is 12.1 Å². The van der Waals surface area contributed by atoms with E-state index in [1.165, 1.54) is 193 Å². The zero-order chi connectivity index (χ0) is 47.7. The van der Waals surface area contributed by atoms with E-state index in [1.54, 1.807) is 6.08 Å². The number of carbonyl (C=O) groups excluding carboxylic acids is 1. The number of hydrogen-bond donors (Lipinski definition) is 3. The van der Waals surface area contributed by atoms with Gasteiger partial charge in [0.15, 0.2) is 0 Å². The Morgan fingerprint density at radius 1 is 0.379 bits per heavy atom. The van der Waals surface area contributed by atoms with E-state index in [4.69, 9.17) is 0 Å². The van der Waals surface area contributed by atoms with Crippen LogP contribution in [-0.2, 0) is 4.79 Å². The first-order valence-corrected chi connectivity index (χ1v) is 28.8. The number of hydrogen-bond acceptors (Lipinski definition) is 3. The van der Waals surface area contributed by atoms with Crippen LogP contribution in [0.25, 0.3) is 0 Å². The summed E-state index contributed by atoms with van der Waals surface area (Å²) in [6.45, 7) is 4.19. The minimum absolute atomic E-state index is 0.0875. The minimum Gasteiger partial charge on any atom is -0.394 e. The van der Waals surface area contributed by atoms with Crippen molar-refractivity contribution in [2.75, 3.05) is 6.61 Å². The van der Waals surface area contributed by atoms with Crippen LogP contribution >= 0.6 is 0 Å². The fourth-order valence-corrected chi connectivity index (χ4v) is 8.50. The van der Waals surface area contributed by atoms with Gasteiger partial charge in [-0.05, 0) is 83.5 Å². The van der Waals surface area contributed by atoms with Crippen LogP contribution in [0.3, 0.4) is 0 Å². The van der Waals surface area contributed by atoms with E-state index in [9.17, 15) is 15.0 Å². The van der Waals surface area contributed by atoms with Crippen LogP contribution in [-0.4, -0.2) is 34.9 Å². The third-order valence-electron chi connectivity index (χ3n) is 12.8. The molecule has 382 valence electrons. The third-order valence-corrected chi connectivity index (χ3v) is 12.8. The molecule has 0 bridgehead atoms. The zero-order valence-electron chi connectivity index (χ0n) is 43.9.